The van der Waals surface area contributed by atoms with Gasteiger partial charge < -0.3 is 10.1 Å². The van der Waals surface area contributed by atoms with Gasteiger partial charge in [0.1, 0.15) is 12.4 Å². The van der Waals surface area contributed by atoms with Crippen LogP contribution in [-0.4, -0.2) is 15.1 Å². The van der Waals surface area contributed by atoms with Gasteiger partial charge in [0.05, 0.1) is 16.8 Å². The molecule has 0 saturated carbocycles. The van der Waals surface area contributed by atoms with Gasteiger partial charge in [-0.05, 0) is 23.9 Å². The Balaban J connectivity index is 2.41. The Hall–Kier alpha value is -1.13. The Kier molecular flexibility index (Phi) is 2.16. The van der Waals surface area contributed by atoms with Gasteiger partial charge in [-0.3, -0.25) is 0 Å². The maximum absolute atomic E-state index is 8.83. The highest BCUT2D eigenvalue weighted by Crippen LogP contribution is 2.27. The van der Waals surface area contributed by atoms with Crippen molar-refractivity contribution in [3.63, 3.8) is 0 Å². The lowest BCUT2D eigenvalue weighted by Gasteiger charge is -1.93. The average Bonchev–Trinajstić information content (AvgIpc) is 2.71. The molecular weight excluding hydrogens is 184 g/mol. The fourth-order valence-corrected chi connectivity index (χ4v) is 2.10. The maximum Gasteiger partial charge on any atom is 0.132 e. The summed E-state index contributed by atoms with van der Waals surface area (Å²) in [6.07, 6.45) is 1.75. The predicted octanol–water partition coefficient (Wildman–Crippen LogP) is 1.94. The first-order valence-electron chi connectivity index (χ1n) is 4.00. The van der Waals surface area contributed by atoms with Gasteiger partial charge in [-0.25, -0.2) is 4.98 Å². The van der Waals surface area contributed by atoms with Gasteiger partial charge in [-0.1, -0.05) is 0 Å². The van der Waals surface area contributed by atoms with Crippen LogP contribution in [0.15, 0.2) is 17.6 Å². The highest BCUT2D eigenvalue weighted by atomic mass is 32.1. The Morgan fingerprint density at radius 3 is 3.00 bits per heavy atom. The third kappa shape index (κ3) is 1.50. The Morgan fingerprint density at radius 2 is 2.46 bits per heavy atom. The SMILES string of the molecule is Cc1ccsc1-c1cnc(CO)[nH]1. The van der Waals surface area contributed by atoms with Crippen LogP contribution in [-0.2, 0) is 6.61 Å². The van der Waals surface area contributed by atoms with E-state index in [1.165, 1.54) is 10.4 Å². The standard InChI is InChI=1S/C9H10N2OS/c1-6-2-3-13-9(6)7-4-10-8(5-12)11-7/h2-4,12H,5H2,1H3,(H,10,11). The number of rotatable bonds is 2. The normalized spacial score (nSPS) is 10.6. The third-order valence-electron chi connectivity index (χ3n) is 1.88. The molecule has 2 rings (SSSR count). The molecule has 0 saturated heterocycles. The van der Waals surface area contributed by atoms with Crippen LogP contribution >= 0.6 is 11.3 Å². The summed E-state index contributed by atoms with van der Waals surface area (Å²) in [6.45, 7) is 2.02. The summed E-state index contributed by atoms with van der Waals surface area (Å²) in [7, 11) is 0. The maximum atomic E-state index is 8.83. The molecule has 3 nitrogen and oxygen atoms in total. The van der Waals surface area contributed by atoms with Gasteiger partial charge in [0, 0.05) is 0 Å². The van der Waals surface area contributed by atoms with Crippen molar-refractivity contribution >= 4 is 11.3 Å². The van der Waals surface area contributed by atoms with Crippen LogP contribution in [0, 0.1) is 6.92 Å². The van der Waals surface area contributed by atoms with Crippen LogP contribution < -0.4 is 0 Å². The lowest BCUT2D eigenvalue weighted by Crippen LogP contribution is -1.84. The van der Waals surface area contributed by atoms with E-state index in [0.717, 1.165) is 5.69 Å². The number of aryl methyl sites for hydroxylation is 1. The van der Waals surface area contributed by atoms with Crippen LogP contribution in [0.5, 0.6) is 0 Å². The monoisotopic (exact) mass is 194 g/mol. The van der Waals surface area contributed by atoms with Crippen LogP contribution in [0.2, 0.25) is 0 Å². The number of aliphatic hydroxyl groups is 1. The van der Waals surface area contributed by atoms with E-state index in [1.807, 2.05) is 5.38 Å². The summed E-state index contributed by atoms with van der Waals surface area (Å²) < 4.78 is 0. The first kappa shape index (κ1) is 8.47. The lowest BCUT2D eigenvalue weighted by atomic mass is 10.2. The number of thiophene rings is 1. The molecule has 0 aliphatic carbocycles. The van der Waals surface area contributed by atoms with Crippen LogP contribution in [0.25, 0.3) is 10.6 Å². The molecule has 0 radical (unpaired) electrons. The second-order valence-corrected chi connectivity index (χ2v) is 3.75. The summed E-state index contributed by atoms with van der Waals surface area (Å²) in [4.78, 5) is 8.28. The number of nitrogens with one attached hydrogen (secondary N) is 1. The van der Waals surface area contributed by atoms with E-state index in [0.29, 0.717) is 5.82 Å². The number of nitrogens with zero attached hydrogens (tertiary/aromatic N) is 1. The fourth-order valence-electron chi connectivity index (χ4n) is 1.21. The lowest BCUT2D eigenvalue weighted by molar-refractivity contribution is 0.272. The smallest absolute Gasteiger partial charge is 0.132 e. The first-order chi connectivity index (χ1) is 6.31. The van der Waals surface area contributed by atoms with Crippen molar-refractivity contribution in [3.05, 3.63) is 29.0 Å². The zero-order chi connectivity index (χ0) is 9.26. The Labute approximate surface area is 80.1 Å². The minimum atomic E-state index is -0.0373. The van der Waals surface area contributed by atoms with E-state index < -0.39 is 0 Å². The molecule has 2 heterocycles. The number of hydrogen-bond donors (Lipinski definition) is 2. The van der Waals surface area contributed by atoms with Gasteiger partial charge in [0.15, 0.2) is 0 Å². The summed E-state index contributed by atoms with van der Waals surface area (Å²) in [5.74, 6) is 0.614. The molecule has 2 aromatic rings. The Bertz CT molecular complexity index is 405. The summed E-state index contributed by atoms with van der Waals surface area (Å²) in [5.41, 5.74) is 2.22. The van der Waals surface area contributed by atoms with Gasteiger partial charge >= 0.3 is 0 Å². The number of hydrogen-bond acceptors (Lipinski definition) is 3. The molecule has 2 aromatic heterocycles. The summed E-state index contributed by atoms with van der Waals surface area (Å²) in [6, 6.07) is 2.07. The van der Waals surface area contributed by atoms with Crippen molar-refractivity contribution in [1.82, 2.24) is 9.97 Å². The molecule has 4 heteroatoms. The molecule has 0 aromatic carbocycles. The number of aliphatic hydroxyl groups excluding tert-OH is 1. The molecule has 68 valence electrons. The number of aromatic amines is 1. The highest BCUT2D eigenvalue weighted by Gasteiger charge is 2.05. The number of H-pyrrole nitrogens is 1. The van der Waals surface area contributed by atoms with E-state index in [2.05, 4.69) is 23.0 Å². The minimum Gasteiger partial charge on any atom is -0.388 e. The second kappa shape index (κ2) is 3.32. The van der Waals surface area contributed by atoms with Gasteiger partial charge in [-0.15, -0.1) is 11.3 Å². The molecule has 0 spiro atoms. The van der Waals surface area contributed by atoms with E-state index >= 15 is 0 Å². The molecular formula is C9H10N2OS. The van der Waals surface area contributed by atoms with Crippen LogP contribution in [0.4, 0.5) is 0 Å². The largest absolute Gasteiger partial charge is 0.388 e. The predicted molar refractivity (Wildman–Crippen MR) is 52.6 cm³/mol. The molecule has 0 bridgehead atoms. The molecule has 0 aliphatic rings. The van der Waals surface area contributed by atoms with E-state index in [-0.39, 0.29) is 6.61 Å². The van der Waals surface area contributed by atoms with E-state index in [4.69, 9.17) is 5.11 Å². The molecule has 0 aliphatic heterocycles. The quantitative estimate of drug-likeness (QED) is 0.767. The topological polar surface area (TPSA) is 48.9 Å². The van der Waals surface area contributed by atoms with Crippen LogP contribution in [0.3, 0.4) is 0 Å². The zero-order valence-corrected chi connectivity index (χ0v) is 8.06. The fraction of sp³-hybridized carbons (Fsp3) is 0.222. The molecule has 0 amide bonds. The average molecular weight is 194 g/mol. The van der Waals surface area contributed by atoms with Crippen LogP contribution in [0.1, 0.15) is 11.4 Å². The van der Waals surface area contributed by atoms with E-state index in [9.17, 15) is 0 Å². The molecule has 0 unspecified atom stereocenters. The summed E-state index contributed by atoms with van der Waals surface area (Å²) in [5, 5.41) is 10.9. The minimum absolute atomic E-state index is 0.0373. The van der Waals surface area contributed by atoms with Crippen molar-refractivity contribution in [2.75, 3.05) is 0 Å². The van der Waals surface area contributed by atoms with Gasteiger partial charge in [0.2, 0.25) is 0 Å². The molecule has 2 N–H and O–H groups in total. The van der Waals surface area contributed by atoms with Gasteiger partial charge in [-0.2, -0.15) is 0 Å². The number of imidazole rings is 1. The van der Waals surface area contributed by atoms with Crippen molar-refractivity contribution in [1.29, 1.82) is 0 Å². The highest BCUT2D eigenvalue weighted by molar-refractivity contribution is 7.13. The third-order valence-corrected chi connectivity index (χ3v) is 2.93. The first-order valence-corrected chi connectivity index (χ1v) is 4.88. The summed E-state index contributed by atoms with van der Waals surface area (Å²) >= 11 is 1.67. The van der Waals surface area contributed by atoms with Crippen molar-refractivity contribution < 1.29 is 5.11 Å². The second-order valence-electron chi connectivity index (χ2n) is 2.83. The number of aromatic nitrogens is 2. The zero-order valence-electron chi connectivity index (χ0n) is 7.24. The molecule has 0 atom stereocenters. The van der Waals surface area contributed by atoms with Gasteiger partial charge in [0.25, 0.3) is 0 Å². The molecule has 13 heavy (non-hydrogen) atoms. The van der Waals surface area contributed by atoms with Crippen molar-refractivity contribution in [2.45, 2.75) is 13.5 Å². The molecule has 0 fully saturated rings. The Morgan fingerprint density at radius 1 is 1.62 bits per heavy atom. The van der Waals surface area contributed by atoms with Crippen molar-refractivity contribution in [2.24, 2.45) is 0 Å². The van der Waals surface area contributed by atoms with Crippen molar-refractivity contribution in [3.8, 4) is 10.6 Å². The van der Waals surface area contributed by atoms with E-state index in [1.54, 1.807) is 17.5 Å².